The van der Waals surface area contributed by atoms with E-state index in [0.717, 1.165) is 12.8 Å². The molecule has 0 unspecified atom stereocenters. The second-order valence-corrected chi connectivity index (χ2v) is 5.51. The van der Waals surface area contributed by atoms with Crippen LogP contribution < -0.4 is 0 Å². The van der Waals surface area contributed by atoms with Gasteiger partial charge in [-0.1, -0.05) is 54.6 Å². The standard InChI is InChI=1S/C18H15F/c19-10-9-12-11-17-13-5-1-3-7-15(13)18(12)16-8-4-2-6-14(16)17/h1-10,12,17-18H,11H2/b10-9+/t12-,17?,18?/m1/s1. The maximum absolute atomic E-state index is 12.7. The zero-order chi connectivity index (χ0) is 12.8. The van der Waals surface area contributed by atoms with E-state index < -0.39 is 0 Å². The van der Waals surface area contributed by atoms with Crippen molar-refractivity contribution in [3.8, 4) is 0 Å². The summed E-state index contributed by atoms with van der Waals surface area (Å²) in [5.74, 6) is 1.04. The Kier molecular flexibility index (Phi) is 2.34. The summed E-state index contributed by atoms with van der Waals surface area (Å²) >= 11 is 0. The molecule has 5 rings (SSSR count). The molecule has 3 aliphatic carbocycles. The normalized spacial score (nSPS) is 27.3. The van der Waals surface area contributed by atoms with Gasteiger partial charge in [-0.15, -0.1) is 0 Å². The van der Waals surface area contributed by atoms with E-state index in [1.165, 1.54) is 22.3 Å². The number of hydrogen-bond donors (Lipinski definition) is 0. The van der Waals surface area contributed by atoms with Gasteiger partial charge in [-0.25, -0.2) is 4.39 Å². The van der Waals surface area contributed by atoms with Crippen LogP contribution in [0.15, 0.2) is 60.9 Å². The third-order valence-electron chi connectivity index (χ3n) is 4.67. The van der Waals surface area contributed by atoms with Gasteiger partial charge in [0.1, 0.15) is 0 Å². The minimum atomic E-state index is 0.291. The monoisotopic (exact) mass is 250 g/mol. The van der Waals surface area contributed by atoms with Crippen molar-refractivity contribution in [2.24, 2.45) is 5.92 Å². The molecule has 0 spiro atoms. The molecule has 0 aliphatic heterocycles. The SMILES string of the molecule is F/C=C/[C@@H]1CC2c3ccccc3C1c1ccccc12. The molecule has 94 valence electrons. The molecule has 19 heavy (non-hydrogen) atoms. The van der Waals surface area contributed by atoms with E-state index in [2.05, 4.69) is 48.5 Å². The maximum Gasteiger partial charge on any atom is 0.0830 e. The molecule has 0 fully saturated rings. The Labute approximate surface area is 112 Å². The summed E-state index contributed by atoms with van der Waals surface area (Å²) in [7, 11) is 0. The lowest BCUT2D eigenvalue weighted by atomic mass is 9.59. The van der Waals surface area contributed by atoms with Gasteiger partial charge in [-0.2, -0.15) is 0 Å². The zero-order valence-corrected chi connectivity index (χ0v) is 10.6. The van der Waals surface area contributed by atoms with E-state index in [-0.39, 0.29) is 0 Å². The minimum absolute atomic E-state index is 0.291. The molecular formula is C18H15F. The molecule has 0 radical (unpaired) electrons. The molecule has 2 bridgehead atoms. The van der Waals surface area contributed by atoms with Gasteiger partial charge < -0.3 is 0 Å². The van der Waals surface area contributed by atoms with Crippen LogP contribution in [-0.2, 0) is 0 Å². The van der Waals surface area contributed by atoms with Crippen LogP contribution in [0.1, 0.15) is 40.5 Å². The number of fused-ring (bicyclic) bond motifs is 1. The summed E-state index contributed by atoms with van der Waals surface area (Å²) in [6.45, 7) is 0. The van der Waals surface area contributed by atoms with Crippen molar-refractivity contribution in [3.63, 3.8) is 0 Å². The van der Waals surface area contributed by atoms with Crippen LogP contribution in [0.25, 0.3) is 0 Å². The summed E-state index contributed by atoms with van der Waals surface area (Å²) < 4.78 is 12.7. The summed E-state index contributed by atoms with van der Waals surface area (Å²) in [5.41, 5.74) is 5.66. The fourth-order valence-electron chi connectivity index (χ4n) is 3.96. The van der Waals surface area contributed by atoms with Crippen LogP contribution in [0.3, 0.4) is 0 Å². The van der Waals surface area contributed by atoms with Crippen molar-refractivity contribution in [2.75, 3.05) is 0 Å². The average Bonchev–Trinajstić information content (AvgIpc) is 2.48. The van der Waals surface area contributed by atoms with Crippen molar-refractivity contribution in [1.82, 2.24) is 0 Å². The van der Waals surface area contributed by atoms with Crippen molar-refractivity contribution in [3.05, 3.63) is 83.2 Å². The van der Waals surface area contributed by atoms with Gasteiger partial charge in [-0.3, -0.25) is 0 Å². The fourth-order valence-corrected chi connectivity index (χ4v) is 3.96. The Balaban J connectivity index is 1.98. The van der Waals surface area contributed by atoms with Crippen molar-refractivity contribution >= 4 is 0 Å². The summed E-state index contributed by atoms with van der Waals surface area (Å²) in [4.78, 5) is 0. The fraction of sp³-hybridized carbons (Fsp3) is 0.222. The molecule has 1 heteroatoms. The summed E-state index contributed by atoms with van der Waals surface area (Å²) in [6.07, 6.45) is 3.49. The Bertz CT molecular complexity index is 609. The van der Waals surface area contributed by atoms with Gasteiger partial charge in [0.05, 0.1) is 6.33 Å². The first kappa shape index (κ1) is 11.0. The molecule has 0 saturated carbocycles. The Hall–Kier alpha value is -1.89. The quantitative estimate of drug-likeness (QED) is 0.684. The highest BCUT2D eigenvalue weighted by molar-refractivity contribution is 5.56. The van der Waals surface area contributed by atoms with E-state index in [4.69, 9.17) is 0 Å². The predicted molar refractivity (Wildman–Crippen MR) is 74.9 cm³/mol. The lowest BCUT2D eigenvalue weighted by Crippen LogP contribution is -2.31. The highest BCUT2D eigenvalue weighted by Gasteiger charge is 2.41. The molecule has 2 aromatic carbocycles. The molecule has 2 aromatic rings. The average molecular weight is 250 g/mol. The Morgan fingerprint density at radius 3 is 1.89 bits per heavy atom. The van der Waals surface area contributed by atoms with Crippen LogP contribution in [0.5, 0.6) is 0 Å². The molecule has 0 N–H and O–H groups in total. The topological polar surface area (TPSA) is 0 Å². The van der Waals surface area contributed by atoms with Gasteiger partial charge in [-0.05, 0) is 34.6 Å². The minimum Gasteiger partial charge on any atom is -0.216 e. The number of rotatable bonds is 1. The molecule has 1 atom stereocenters. The third-order valence-corrected chi connectivity index (χ3v) is 4.67. The largest absolute Gasteiger partial charge is 0.216 e. The Morgan fingerprint density at radius 1 is 0.842 bits per heavy atom. The number of halogens is 1. The molecule has 0 amide bonds. The maximum atomic E-state index is 12.7. The highest BCUT2D eigenvalue weighted by Crippen LogP contribution is 2.55. The van der Waals surface area contributed by atoms with E-state index >= 15 is 0 Å². The van der Waals surface area contributed by atoms with Crippen molar-refractivity contribution in [1.29, 1.82) is 0 Å². The zero-order valence-electron chi connectivity index (χ0n) is 10.6. The van der Waals surface area contributed by atoms with Crippen LogP contribution >= 0.6 is 0 Å². The lowest BCUT2D eigenvalue weighted by Gasteiger charge is -2.44. The smallest absolute Gasteiger partial charge is 0.0830 e. The molecular weight excluding hydrogens is 235 g/mol. The van der Waals surface area contributed by atoms with Crippen LogP contribution in [0, 0.1) is 5.92 Å². The van der Waals surface area contributed by atoms with Gasteiger partial charge in [0, 0.05) is 11.8 Å². The van der Waals surface area contributed by atoms with Gasteiger partial charge in [0.25, 0.3) is 0 Å². The Morgan fingerprint density at radius 2 is 1.37 bits per heavy atom. The van der Waals surface area contributed by atoms with Crippen LogP contribution in [0.4, 0.5) is 4.39 Å². The first-order valence-corrected chi connectivity index (χ1v) is 6.84. The molecule has 0 nitrogen and oxygen atoms in total. The van der Waals surface area contributed by atoms with Crippen molar-refractivity contribution < 1.29 is 4.39 Å². The van der Waals surface area contributed by atoms with E-state index in [9.17, 15) is 4.39 Å². The van der Waals surface area contributed by atoms with E-state index in [1.54, 1.807) is 6.08 Å². The molecule has 0 heterocycles. The second kappa shape index (κ2) is 4.06. The molecule has 3 aliphatic rings. The van der Waals surface area contributed by atoms with Crippen LogP contribution in [-0.4, -0.2) is 0 Å². The van der Waals surface area contributed by atoms with Crippen molar-refractivity contribution in [2.45, 2.75) is 18.3 Å². The van der Waals surface area contributed by atoms with Gasteiger partial charge in [0.15, 0.2) is 0 Å². The van der Waals surface area contributed by atoms with E-state index in [1.807, 2.05) is 0 Å². The lowest BCUT2D eigenvalue weighted by molar-refractivity contribution is 0.419. The number of benzene rings is 2. The van der Waals surface area contributed by atoms with Crippen LogP contribution in [0.2, 0.25) is 0 Å². The highest BCUT2D eigenvalue weighted by atomic mass is 19.1. The second-order valence-electron chi connectivity index (χ2n) is 5.51. The summed E-state index contributed by atoms with van der Waals surface area (Å²) in [6, 6.07) is 17.3. The van der Waals surface area contributed by atoms with E-state index in [0.29, 0.717) is 17.8 Å². The third kappa shape index (κ3) is 1.45. The first-order chi connectivity index (χ1) is 9.40. The van der Waals surface area contributed by atoms with Gasteiger partial charge >= 0.3 is 0 Å². The molecule has 0 saturated heterocycles. The number of hydrogen-bond acceptors (Lipinski definition) is 0. The predicted octanol–water partition coefficient (Wildman–Crippen LogP) is 4.77. The summed E-state index contributed by atoms with van der Waals surface area (Å²) in [5, 5.41) is 0. The first-order valence-electron chi connectivity index (χ1n) is 6.84. The number of allylic oxidation sites excluding steroid dienone is 1. The van der Waals surface area contributed by atoms with Gasteiger partial charge in [0.2, 0.25) is 0 Å². The molecule has 0 aromatic heterocycles.